The van der Waals surface area contributed by atoms with Gasteiger partial charge < -0.3 is 0 Å². The van der Waals surface area contributed by atoms with Crippen LogP contribution in [-0.2, 0) is 9.59 Å². The summed E-state index contributed by atoms with van der Waals surface area (Å²) >= 11 is 0. The maximum Gasteiger partial charge on any atom is 0.199 e. The zero-order valence-corrected chi connectivity index (χ0v) is 9.00. The van der Waals surface area contributed by atoms with Crippen molar-refractivity contribution in [2.45, 2.75) is 12.8 Å². The van der Waals surface area contributed by atoms with E-state index in [1.54, 1.807) is 0 Å². The smallest absolute Gasteiger partial charge is 0.199 e. The fraction of sp³-hybridized carbons (Fsp3) is 0.286. The number of rotatable bonds is 5. The molecule has 0 atom stereocenters. The summed E-state index contributed by atoms with van der Waals surface area (Å²) in [7, 11) is 0. The van der Waals surface area contributed by atoms with Crippen LogP contribution in [-0.4, -0.2) is 11.6 Å². The van der Waals surface area contributed by atoms with Crippen molar-refractivity contribution in [2.24, 2.45) is 11.8 Å². The van der Waals surface area contributed by atoms with Gasteiger partial charge in [-0.2, -0.15) is 0 Å². The normalized spacial score (nSPS) is 18.8. The van der Waals surface area contributed by atoms with Crippen molar-refractivity contribution in [1.82, 2.24) is 0 Å². The zero-order chi connectivity index (χ0) is 11.4. The number of allylic oxidation sites excluding steroid dienone is 8. The van der Waals surface area contributed by atoms with Gasteiger partial charge in [-0.25, -0.2) is 0 Å². The van der Waals surface area contributed by atoms with Crippen molar-refractivity contribution in [3.05, 3.63) is 48.6 Å². The van der Waals surface area contributed by atoms with Gasteiger partial charge in [0.25, 0.3) is 0 Å². The van der Waals surface area contributed by atoms with Crippen molar-refractivity contribution >= 4 is 11.6 Å². The van der Waals surface area contributed by atoms with Crippen LogP contribution in [0, 0.1) is 11.8 Å². The Morgan fingerprint density at radius 1 is 0.688 bits per heavy atom. The first-order valence-corrected chi connectivity index (χ1v) is 5.52. The van der Waals surface area contributed by atoms with E-state index in [1.165, 1.54) is 0 Å². The van der Waals surface area contributed by atoms with Crippen molar-refractivity contribution < 1.29 is 9.59 Å². The van der Waals surface area contributed by atoms with Gasteiger partial charge in [-0.3, -0.25) is 9.59 Å². The van der Waals surface area contributed by atoms with Gasteiger partial charge in [0.05, 0.1) is 0 Å². The zero-order valence-electron chi connectivity index (χ0n) is 9.00. The van der Waals surface area contributed by atoms with Crippen molar-refractivity contribution in [3.63, 3.8) is 0 Å². The molecule has 2 nitrogen and oxygen atoms in total. The number of ketones is 2. The van der Waals surface area contributed by atoms with Crippen LogP contribution in [0.5, 0.6) is 0 Å². The van der Waals surface area contributed by atoms with E-state index >= 15 is 0 Å². The van der Waals surface area contributed by atoms with E-state index in [9.17, 15) is 9.59 Å². The van der Waals surface area contributed by atoms with E-state index in [-0.39, 0.29) is 23.4 Å². The molecule has 0 bridgehead atoms. The minimum absolute atomic E-state index is 0.117. The molecule has 2 aliphatic carbocycles. The predicted molar refractivity (Wildman–Crippen MR) is 62.8 cm³/mol. The van der Waals surface area contributed by atoms with Crippen LogP contribution in [0.25, 0.3) is 0 Å². The monoisotopic (exact) mass is 214 g/mol. The third-order valence-corrected chi connectivity index (χ3v) is 2.81. The quantitative estimate of drug-likeness (QED) is 0.658. The Labute approximate surface area is 95.0 Å². The second-order valence-electron chi connectivity index (χ2n) is 4.12. The van der Waals surface area contributed by atoms with E-state index in [0.717, 1.165) is 0 Å². The highest BCUT2D eigenvalue weighted by atomic mass is 16.2. The Bertz CT molecular complexity index is 346. The van der Waals surface area contributed by atoms with Crippen LogP contribution in [0.4, 0.5) is 0 Å². The van der Waals surface area contributed by atoms with Gasteiger partial charge in [-0.05, 0) is 0 Å². The van der Waals surface area contributed by atoms with Crippen LogP contribution in [0.1, 0.15) is 12.8 Å². The SMILES string of the molecule is O=C(CC1C=CC=C1)C(=O)CC1C=CC=C1. The highest BCUT2D eigenvalue weighted by molar-refractivity contribution is 6.37. The molecule has 0 radical (unpaired) electrons. The lowest BCUT2D eigenvalue weighted by Crippen LogP contribution is -2.18. The minimum Gasteiger partial charge on any atom is -0.291 e. The summed E-state index contributed by atoms with van der Waals surface area (Å²) in [5.74, 6) is -0.276. The second-order valence-corrected chi connectivity index (χ2v) is 4.12. The first-order valence-electron chi connectivity index (χ1n) is 5.52. The summed E-state index contributed by atoms with van der Waals surface area (Å²) in [4.78, 5) is 23.2. The maximum absolute atomic E-state index is 11.6. The molecular formula is C14H14O2. The molecule has 0 spiro atoms. The Kier molecular flexibility index (Phi) is 3.30. The summed E-state index contributed by atoms with van der Waals surface area (Å²) in [6.45, 7) is 0. The van der Waals surface area contributed by atoms with Gasteiger partial charge >= 0.3 is 0 Å². The van der Waals surface area contributed by atoms with E-state index in [4.69, 9.17) is 0 Å². The average molecular weight is 214 g/mol. The third kappa shape index (κ3) is 2.66. The average Bonchev–Trinajstić information content (AvgIpc) is 2.90. The number of Topliss-reactive ketones (excluding diaryl/α,β-unsaturated/α-hetero) is 2. The minimum atomic E-state index is -0.255. The van der Waals surface area contributed by atoms with E-state index in [2.05, 4.69) is 0 Å². The van der Waals surface area contributed by atoms with Crippen LogP contribution >= 0.6 is 0 Å². The van der Waals surface area contributed by atoms with Crippen LogP contribution in [0.2, 0.25) is 0 Å². The lowest BCUT2D eigenvalue weighted by atomic mass is 9.96. The van der Waals surface area contributed by atoms with Gasteiger partial charge in [0, 0.05) is 24.7 Å². The molecular weight excluding hydrogens is 200 g/mol. The second kappa shape index (κ2) is 4.88. The molecule has 82 valence electrons. The van der Waals surface area contributed by atoms with Gasteiger partial charge in [-0.1, -0.05) is 48.6 Å². The fourth-order valence-corrected chi connectivity index (χ4v) is 1.88. The maximum atomic E-state index is 11.6. The van der Waals surface area contributed by atoms with Crippen LogP contribution in [0.15, 0.2) is 48.6 Å². The number of hydrogen-bond donors (Lipinski definition) is 0. The van der Waals surface area contributed by atoms with E-state index in [0.29, 0.717) is 12.8 Å². The molecule has 0 fully saturated rings. The largest absolute Gasteiger partial charge is 0.291 e. The lowest BCUT2D eigenvalue weighted by Gasteiger charge is -2.05. The van der Waals surface area contributed by atoms with Gasteiger partial charge in [-0.15, -0.1) is 0 Å². The molecule has 0 saturated carbocycles. The molecule has 2 aliphatic rings. The molecule has 0 unspecified atom stereocenters. The van der Waals surface area contributed by atoms with Gasteiger partial charge in [0.15, 0.2) is 11.6 Å². The van der Waals surface area contributed by atoms with Gasteiger partial charge in [0.1, 0.15) is 0 Å². The highest BCUT2D eigenvalue weighted by Gasteiger charge is 2.20. The lowest BCUT2D eigenvalue weighted by molar-refractivity contribution is -0.137. The fourth-order valence-electron chi connectivity index (χ4n) is 1.88. The Hall–Kier alpha value is -1.70. The first kappa shape index (κ1) is 10.8. The molecule has 0 N–H and O–H groups in total. The molecule has 16 heavy (non-hydrogen) atoms. The third-order valence-electron chi connectivity index (χ3n) is 2.81. The van der Waals surface area contributed by atoms with E-state index < -0.39 is 0 Å². The molecule has 0 amide bonds. The van der Waals surface area contributed by atoms with Crippen molar-refractivity contribution in [3.8, 4) is 0 Å². The van der Waals surface area contributed by atoms with E-state index in [1.807, 2.05) is 48.6 Å². The number of hydrogen-bond acceptors (Lipinski definition) is 2. The number of carbonyl (C=O) groups excluding carboxylic acids is 2. The number of carbonyl (C=O) groups is 2. The van der Waals surface area contributed by atoms with Crippen LogP contribution in [0.3, 0.4) is 0 Å². The Morgan fingerprint density at radius 3 is 1.31 bits per heavy atom. The van der Waals surface area contributed by atoms with Gasteiger partial charge in [0.2, 0.25) is 0 Å². The first-order chi connectivity index (χ1) is 7.75. The molecule has 0 heterocycles. The molecule has 2 rings (SSSR count). The highest BCUT2D eigenvalue weighted by Crippen LogP contribution is 2.17. The molecule has 0 aromatic heterocycles. The molecule has 2 heteroatoms. The summed E-state index contributed by atoms with van der Waals surface area (Å²) in [6, 6.07) is 0. The standard InChI is InChI=1S/C14H14O2/c15-13(9-11-5-1-2-6-11)14(16)10-12-7-3-4-8-12/h1-8,11-12H,9-10H2. The molecule has 0 aromatic carbocycles. The van der Waals surface area contributed by atoms with Crippen molar-refractivity contribution in [2.75, 3.05) is 0 Å². The predicted octanol–water partition coefficient (Wildman–Crippen LogP) is 2.39. The van der Waals surface area contributed by atoms with Crippen molar-refractivity contribution in [1.29, 1.82) is 0 Å². The Balaban J connectivity index is 1.82. The Morgan fingerprint density at radius 2 is 1.00 bits per heavy atom. The summed E-state index contributed by atoms with van der Waals surface area (Å²) in [5, 5.41) is 0. The topological polar surface area (TPSA) is 34.1 Å². The van der Waals surface area contributed by atoms with Crippen LogP contribution < -0.4 is 0 Å². The summed E-state index contributed by atoms with van der Waals surface area (Å²) < 4.78 is 0. The molecule has 0 saturated heterocycles. The summed E-state index contributed by atoms with van der Waals surface area (Å²) in [6.07, 6.45) is 16.0. The summed E-state index contributed by atoms with van der Waals surface area (Å²) in [5.41, 5.74) is 0. The molecule has 0 aliphatic heterocycles. The molecule has 0 aromatic rings.